The molecule has 0 unspecified atom stereocenters. The number of aryl methyl sites for hydroxylation is 2. The Kier molecular flexibility index (Phi) is 7.09. The SMILES string of the molecule is Cc1cc(Nc2cc(C3=Nc4ccc(C(C)(C)C)cc4C3)ccc2C)n(-c2cc(NN3CCN(C)CC3)ncn2)n1. The van der Waals surface area contributed by atoms with E-state index in [1.165, 1.54) is 11.1 Å². The highest BCUT2D eigenvalue weighted by Crippen LogP contribution is 2.34. The predicted octanol–water partition coefficient (Wildman–Crippen LogP) is 5.57. The van der Waals surface area contributed by atoms with Gasteiger partial charge < -0.3 is 15.6 Å². The predicted molar refractivity (Wildman–Crippen MR) is 166 cm³/mol. The molecule has 212 valence electrons. The number of aliphatic imine (C=N–C) groups is 1. The lowest BCUT2D eigenvalue weighted by atomic mass is 9.85. The highest BCUT2D eigenvalue weighted by Gasteiger charge is 2.21. The number of hydrazine groups is 1. The summed E-state index contributed by atoms with van der Waals surface area (Å²) in [6.07, 6.45) is 2.42. The van der Waals surface area contributed by atoms with Crippen molar-refractivity contribution >= 4 is 28.7 Å². The van der Waals surface area contributed by atoms with Crippen LogP contribution in [0.1, 0.15) is 48.7 Å². The quantitative estimate of drug-likeness (QED) is 0.325. The molecule has 0 spiro atoms. The Hall–Kier alpha value is -4.08. The van der Waals surface area contributed by atoms with Gasteiger partial charge in [0.2, 0.25) is 0 Å². The maximum Gasteiger partial charge on any atom is 0.161 e. The second-order valence-electron chi connectivity index (χ2n) is 12.2. The van der Waals surface area contributed by atoms with Crippen molar-refractivity contribution in [1.82, 2.24) is 29.7 Å². The van der Waals surface area contributed by atoms with Gasteiger partial charge in [-0.3, -0.25) is 4.99 Å². The highest BCUT2D eigenvalue weighted by atomic mass is 15.5. The topological polar surface area (TPSA) is 86.5 Å². The fraction of sp³-hybridized carbons (Fsp3) is 0.375. The first-order valence-corrected chi connectivity index (χ1v) is 14.3. The van der Waals surface area contributed by atoms with Crippen LogP contribution in [-0.2, 0) is 11.8 Å². The molecule has 1 saturated heterocycles. The van der Waals surface area contributed by atoms with Crippen molar-refractivity contribution in [2.75, 3.05) is 44.0 Å². The van der Waals surface area contributed by atoms with E-state index in [1.807, 2.05) is 23.7 Å². The summed E-state index contributed by atoms with van der Waals surface area (Å²) in [5, 5.41) is 10.6. The third-order valence-corrected chi connectivity index (χ3v) is 7.87. The van der Waals surface area contributed by atoms with E-state index in [9.17, 15) is 0 Å². The molecular weight excluding hydrogens is 510 g/mol. The molecule has 0 atom stereocenters. The van der Waals surface area contributed by atoms with Crippen molar-refractivity contribution in [1.29, 1.82) is 0 Å². The molecule has 0 bridgehead atoms. The molecule has 2 N–H and O–H groups in total. The Morgan fingerprint density at radius 3 is 2.46 bits per heavy atom. The molecule has 2 aliphatic rings. The summed E-state index contributed by atoms with van der Waals surface area (Å²) in [4.78, 5) is 16.3. The van der Waals surface area contributed by atoms with Gasteiger partial charge in [-0.25, -0.2) is 15.0 Å². The van der Waals surface area contributed by atoms with E-state index in [4.69, 9.17) is 10.1 Å². The largest absolute Gasteiger partial charge is 0.340 e. The van der Waals surface area contributed by atoms with Crippen molar-refractivity contribution < 1.29 is 0 Å². The highest BCUT2D eigenvalue weighted by molar-refractivity contribution is 6.07. The van der Waals surface area contributed by atoms with Crippen molar-refractivity contribution in [2.45, 2.75) is 46.5 Å². The number of anilines is 3. The summed E-state index contributed by atoms with van der Waals surface area (Å²) >= 11 is 0. The number of likely N-dealkylation sites (N-methyl/N-ethyl adjacent to an activating group) is 1. The van der Waals surface area contributed by atoms with Gasteiger partial charge in [-0.1, -0.05) is 45.0 Å². The number of hydrogen-bond donors (Lipinski definition) is 2. The molecule has 2 aliphatic heterocycles. The molecule has 9 nitrogen and oxygen atoms in total. The van der Waals surface area contributed by atoms with Gasteiger partial charge in [0.25, 0.3) is 0 Å². The van der Waals surface area contributed by atoms with E-state index in [0.29, 0.717) is 5.82 Å². The molecule has 0 aliphatic carbocycles. The van der Waals surface area contributed by atoms with E-state index in [0.717, 1.165) is 78.1 Å². The van der Waals surface area contributed by atoms with Gasteiger partial charge in [0.15, 0.2) is 5.82 Å². The first-order chi connectivity index (χ1) is 19.6. The molecule has 4 heterocycles. The molecule has 0 radical (unpaired) electrons. The molecule has 2 aromatic heterocycles. The molecule has 4 aromatic rings. The third-order valence-electron chi connectivity index (χ3n) is 7.87. The summed E-state index contributed by atoms with van der Waals surface area (Å²) < 4.78 is 1.84. The van der Waals surface area contributed by atoms with Crippen LogP contribution in [0.15, 0.2) is 59.9 Å². The minimum Gasteiger partial charge on any atom is -0.340 e. The second-order valence-corrected chi connectivity index (χ2v) is 12.2. The molecule has 9 heteroatoms. The number of fused-ring (bicyclic) bond motifs is 1. The second kappa shape index (κ2) is 10.7. The van der Waals surface area contributed by atoms with Gasteiger partial charge in [-0.05, 0) is 60.7 Å². The number of benzene rings is 2. The van der Waals surface area contributed by atoms with Crippen LogP contribution in [-0.4, -0.2) is 68.6 Å². The summed E-state index contributed by atoms with van der Waals surface area (Å²) in [7, 11) is 2.15. The Morgan fingerprint density at radius 2 is 1.68 bits per heavy atom. The third kappa shape index (κ3) is 5.87. The number of nitrogens with zero attached hydrogens (tertiary/aromatic N) is 7. The van der Waals surface area contributed by atoms with E-state index in [1.54, 1.807) is 6.33 Å². The Balaban J connectivity index is 1.23. The van der Waals surface area contributed by atoms with Gasteiger partial charge in [-0.15, -0.1) is 0 Å². The lowest BCUT2D eigenvalue weighted by Gasteiger charge is -2.32. The average molecular weight is 550 g/mol. The van der Waals surface area contributed by atoms with Crippen LogP contribution in [0.5, 0.6) is 0 Å². The Labute approximate surface area is 242 Å². The van der Waals surface area contributed by atoms with E-state index in [-0.39, 0.29) is 5.41 Å². The minimum atomic E-state index is 0.116. The van der Waals surface area contributed by atoms with Crippen molar-refractivity contribution in [3.63, 3.8) is 0 Å². The number of rotatable bonds is 6. The standard InChI is InChI=1S/C32H39N9/c1-21-7-8-23(28-18-24-16-25(32(3,4)5)9-10-26(24)35-28)17-27(21)36-31-15-22(2)37-41(31)30-19-29(33-20-34-30)38-40-13-11-39(6)12-14-40/h7-10,15-17,19-20,36H,11-14,18H2,1-6H3,(H,33,34,38). The van der Waals surface area contributed by atoms with Crippen LogP contribution in [0, 0.1) is 13.8 Å². The maximum atomic E-state index is 4.99. The van der Waals surface area contributed by atoms with Crippen LogP contribution >= 0.6 is 0 Å². The molecule has 1 fully saturated rings. The molecule has 6 rings (SSSR count). The minimum absolute atomic E-state index is 0.116. The number of hydrogen-bond acceptors (Lipinski definition) is 8. The molecule has 0 saturated carbocycles. The Bertz CT molecular complexity index is 1600. The maximum absolute atomic E-state index is 4.99. The van der Waals surface area contributed by atoms with Gasteiger partial charge >= 0.3 is 0 Å². The van der Waals surface area contributed by atoms with Crippen LogP contribution in [0.25, 0.3) is 5.82 Å². The van der Waals surface area contributed by atoms with Crippen LogP contribution in [0.3, 0.4) is 0 Å². The zero-order valence-electron chi connectivity index (χ0n) is 24.9. The van der Waals surface area contributed by atoms with Crippen molar-refractivity contribution in [2.24, 2.45) is 4.99 Å². The number of aromatic nitrogens is 4. The molecular formula is C32H39N9. The zero-order chi connectivity index (χ0) is 28.7. The summed E-state index contributed by atoms with van der Waals surface area (Å²) in [5.41, 5.74) is 12.5. The zero-order valence-corrected chi connectivity index (χ0v) is 24.9. The lowest BCUT2D eigenvalue weighted by molar-refractivity contribution is 0.178. The Morgan fingerprint density at radius 1 is 0.878 bits per heavy atom. The van der Waals surface area contributed by atoms with Gasteiger partial charge in [0.1, 0.15) is 18.0 Å². The number of nitrogens with one attached hydrogen (secondary N) is 2. The van der Waals surface area contributed by atoms with Gasteiger partial charge in [-0.2, -0.15) is 9.78 Å². The van der Waals surface area contributed by atoms with Crippen LogP contribution in [0.2, 0.25) is 0 Å². The molecule has 41 heavy (non-hydrogen) atoms. The smallest absolute Gasteiger partial charge is 0.161 e. The number of piperazine rings is 1. The van der Waals surface area contributed by atoms with E-state index >= 15 is 0 Å². The average Bonchev–Trinajstić information content (AvgIpc) is 3.53. The first kappa shape index (κ1) is 27.1. The molecule has 0 amide bonds. The summed E-state index contributed by atoms with van der Waals surface area (Å²) in [5.74, 6) is 2.30. The fourth-order valence-corrected chi connectivity index (χ4v) is 5.28. The van der Waals surface area contributed by atoms with Crippen molar-refractivity contribution in [3.8, 4) is 5.82 Å². The van der Waals surface area contributed by atoms with E-state index in [2.05, 4.69) is 102 Å². The lowest BCUT2D eigenvalue weighted by Crippen LogP contribution is -2.47. The van der Waals surface area contributed by atoms with E-state index < -0.39 is 0 Å². The fourth-order valence-electron chi connectivity index (χ4n) is 5.28. The van der Waals surface area contributed by atoms with Crippen LogP contribution in [0.4, 0.5) is 23.0 Å². The van der Waals surface area contributed by atoms with Gasteiger partial charge in [0, 0.05) is 50.4 Å². The normalized spacial score (nSPS) is 16.0. The summed E-state index contributed by atoms with van der Waals surface area (Å²) in [6, 6.07) is 17.2. The van der Waals surface area contributed by atoms with Crippen LogP contribution < -0.4 is 10.7 Å². The van der Waals surface area contributed by atoms with Gasteiger partial charge in [0.05, 0.1) is 17.1 Å². The van der Waals surface area contributed by atoms with Crippen molar-refractivity contribution in [3.05, 3.63) is 82.8 Å². The summed E-state index contributed by atoms with van der Waals surface area (Å²) in [6.45, 7) is 14.8. The molecule has 2 aromatic carbocycles. The first-order valence-electron chi connectivity index (χ1n) is 14.3. The monoisotopic (exact) mass is 549 g/mol.